The molecular weight excluding hydrogens is 234 g/mol. The number of methoxy groups -OCH3 is 1. The summed E-state index contributed by atoms with van der Waals surface area (Å²) in [5, 5.41) is 2.52. The zero-order chi connectivity index (χ0) is 13.9. The summed E-state index contributed by atoms with van der Waals surface area (Å²) in [5.41, 5.74) is 10.3. The molecule has 1 aromatic rings. The molecule has 0 saturated heterocycles. The van der Waals surface area contributed by atoms with E-state index in [1.807, 2.05) is 0 Å². The number of rotatable bonds is 4. The second kappa shape index (κ2) is 4.95. The highest BCUT2D eigenvalue weighted by Crippen LogP contribution is 2.21. The number of carbonyl (C=O) groups is 2. The van der Waals surface area contributed by atoms with Crippen LogP contribution in [0.1, 0.15) is 24.2 Å². The highest BCUT2D eigenvalue weighted by Gasteiger charge is 2.28. The molecule has 5 N–H and O–H groups in total. The van der Waals surface area contributed by atoms with Crippen molar-refractivity contribution in [2.75, 3.05) is 12.8 Å². The molecule has 0 spiro atoms. The largest absolute Gasteiger partial charge is 0.496 e. The third-order valence-electron chi connectivity index (χ3n) is 2.51. The van der Waals surface area contributed by atoms with E-state index < -0.39 is 17.4 Å². The minimum absolute atomic E-state index is 0.256. The van der Waals surface area contributed by atoms with Crippen molar-refractivity contribution in [3.63, 3.8) is 0 Å². The van der Waals surface area contributed by atoms with E-state index in [0.717, 1.165) is 0 Å². The number of carbonyl (C=O) groups excluding carboxylic acids is 2. The third-order valence-corrected chi connectivity index (χ3v) is 2.51. The van der Waals surface area contributed by atoms with Crippen molar-refractivity contribution in [1.29, 1.82) is 0 Å². The molecule has 0 unspecified atom stereocenters. The molecule has 18 heavy (non-hydrogen) atoms. The molecule has 0 saturated carbocycles. The van der Waals surface area contributed by atoms with Crippen LogP contribution in [-0.2, 0) is 4.79 Å². The molecule has 0 radical (unpaired) electrons. The zero-order valence-electron chi connectivity index (χ0n) is 10.6. The highest BCUT2D eigenvalue weighted by molar-refractivity contribution is 6.01. The third kappa shape index (κ3) is 2.91. The summed E-state index contributed by atoms with van der Waals surface area (Å²) in [6.45, 7) is 3.04. The quantitative estimate of drug-likeness (QED) is 0.667. The summed E-state index contributed by atoms with van der Waals surface area (Å²) in [5.74, 6) is -0.719. The van der Waals surface area contributed by atoms with Gasteiger partial charge in [0.25, 0.3) is 5.91 Å². The molecule has 0 fully saturated rings. The fourth-order valence-corrected chi connectivity index (χ4v) is 1.32. The van der Waals surface area contributed by atoms with Gasteiger partial charge in [0.1, 0.15) is 11.3 Å². The molecule has 0 bridgehead atoms. The van der Waals surface area contributed by atoms with Crippen molar-refractivity contribution in [2.45, 2.75) is 19.4 Å². The van der Waals surface area contributed by atoms with Crippen LogP contribution in [0.3, 0.4) is 0 Å². The number of primary amides is 1. The number of benzene rings is 1. The molecule has 6 heteroatoms. The maximum Gasteiger partial charge on any atom is 0.255 e. The minimum atomic E-state index is -1.15. The molecule has 1 rings (SSSR count). The van der Waals surface area contributed by atoms with E-state index in [0.29, 0.717) is 11.4 Å². The Kier molecular flexibility index (Phi) is 3.80. The molecule has 0 heterocycles. The number of anilines is 1. The van der Waals surface area contributed by atoms with Crippen LogP contribution in [0.2, 0.25) is 0 Å². The number of nitrogens with two attached hydrogens (primary N) is 2. The lowest BCUT2D eigenvalue weighted by Gasteiger charge is -2.22. The standard InChI is InChI=1S/C12H17N3O3/c1-12(2,11(14)17)15-10(16)8-6-7(13)4-5-9(8)18-3/h4-6H,13H2,1-3H3,(H2,14,17)(H,15,16). The Hall–Kier alpha value is -2.24. The second-order valence-electron chi connectivity index (χ2n) is 4.40. The van der Waals surface area contributed by atoms with Crippen LogP contribution in [0.15, 0.2) is 18.2 Å². The van der Waals surface area contributed by atoms with E-state index in [1.165, 1.54) is 27.0 Å². The monoisotopic (exact) mass is 251 g/mol. The van der Waals surface area contributed by atoms with Gasteiger partial charge in [0.2, 0.25) is 5.91 Å². The van der Waals surface area contributed by atoms with Gasteiger partial charge in [0.15, 0.2) is 0 Å². The van der Waals surface area contributed by atoms with Gasteiger partial charge in [-0.2, -0.15) is 0 Å². The first-order valence-corrected chi connectivity index (χ1v) is 5.34. The van der Waals surface area contributed by atoms with Crippen molar-refractivity contribution in [3.05, 3.63) is 23.8 Å². The summed E-state index contributed by atoms with van der Waals surface area (Å²) in [6.07, 6.45) is 0. The first-order chi connectivity index (χ1) is 8.27. The molecular formula is C12H17N3O3. The van der Waals surface area contributed by atoms with Gasteiger partial charge in [-0.05, 0) is 32.0 Å². The molecule has 1 aromatic carbocycles. The smallest absolute Gasteiger partial charge is 0.255 e. The summed E-state index contributed by atoms with van der Waals surface area (Å²) in [6, 6.07) is 4.68. The van der Waals surface area contributed by atoms with Crippen LogP contribution in [0, 0.1) is 0 Å². The van der Waals surface area contributed by atoms with Crippen molar-refractivity contribution in [3.8, 4) is 5.75 Å². The first-order valence-electron chi connectivity index (χ1n) is 5.34. The molecule has 0 aliphatic heterocycles. The van der Waals surface area contributed by atoms with E-state index in [2.05, 4.69) is 5.32 Å². The van der Waals surface area contributed by atoms with E-state index in [9.17, 15) is 9.59 Å². The van der Waals surface area contributed by atoms with Gasteiger partial charge < -0.3 is 21.5 Å². The topological polar surface area (TPSA) is 107 Å². The summed E-state index contributed by atoms with van der Waals surface area (Å²) >= 11 is 0. The minimum Gasteiger partial charge on any atom is -0.496 e. The molecule has 0 aromatic heterocycles. The van der Waals surface area contributed by atoms with Crippen LogP contribution in [0.5, 0.6) is 5.75 Å². The van der Waals surface area contributed by atoms with E-state index in [-0.39, 0.29) is 5.56 Å². The SMILES string of the molecule is COc1ccc(N)cc1C(=O)NC(C)(C)C(N)=O. The Morgan fingerprint density at radius 2 is 1.94 bits per heavy atom. The average molecular weight is 251 g/mol. The summed E-state index contributed by atoms with van der Waals surface area (Å²) < 4.78 is 5.06. The molecule has 98 valence electrons. The van der Waals surface area contributed by atoms with Gasteiger partial charge in [-0.3, -0.25) is 9.59 Å². The Morgan fingerprint density at radius 3 is 2.44 bits per heavy atom. The van der Waals surface area contributed by atoms with E-state index in [4.69, 9.17) is 16.2 Å². The first kappa shape index (κ1) is 13.8. The normalized spacial score (nSPS) is 10.8. The van der Waals surface area contributed by atoms with Crippen molar-refractivity contribution < 1.29 is 14.3 Å². The Bertz CT molecular complexity index is 483. The lowest BCUT2D eigenvalue weighted by atomic mass is 10.0. The van der Waals surface area contributed by atoms with Crippen molar-refractivity contribution >= 4 is 17.5 Å². The van der Waals surface area contributed by atoms with Gasteiger partial charge in [0, 0.05) is 5.69 Å². The van der Waals surface area contributed by atoms with E-state index >= 15 is 0 Å². The van der Waals surface area contributed by atoms with Gasteiger partial charge in [-0.1, -0.05) is 0 Å². The van der Waals surface area contributed by atoms with Crippen LogP contribution < -0.4 is 21.5 Å². The summed E-state index contributed by atoms with van der Waals surface area (Å²) in [4.78, 5) is 23.2. The maximum atomic E-state index is 12.0. The van der Waals surface area contributed by atoms with Gasteiger partial charge in [0.05, 0.1) is 12.7 Å². The zero-order valence-corrected chi connectivity index (χ0v) is 10.6. The van der Waals surface area contributed by atoms with Crippen LogP contribution in [0.25, 0.3) is 0 Å². The number of hydrogen-bond acceptors (Lipinski definition) is 4. The predicted molar refractivity (Wildman–Crippen MR) is 68.1 cm³/mol. The van der Waals surface area contributed by atoms with Gasteiger partial charge in [-0.25, -0.2) is 0 Å². The van der Waals surface area contributed by atoms with Crippen LogP contribution in [0.4, 0.5) is 5.69 Å². The average Bonchev–Trinajstić information content (AvgIpc) is 2.28. The fraction of sp³-hybridized carbons (Fsp3) is 0.333. The van der Waals surface area contributed by atoms with E-state index in [1.54, 1.807) is 12.1 Å². The van der Waals surface area contributed by atoms with Crippen LogP contribution in [-0.4, -0.2) is 24.5 Å². The van der Waals surface area contributed by atoms with Gasteiger partial charge in [-0.15, -0.1) is 0 Å². The summed E-state index contributed by atoms with van der Waals surface area (Å²) in [7, 11) is 1.45. The van der Waals surface area contributed by atoms with Crippen molar-refractivity contribution in [2.24, 2.45) is 5.73 Å². The molecule has 0 atom stereocenters. The molecule has 0 aliphatic carbocycles. The predicted octanol–water partition coefficient (Wildman–Crippen LogP) is 0.271. The maximum absolute atomic E-state index is 12.0. The fourth-order valence-electron chi connectivity index (χ4n) is 1.32. The van der Waals surface area contributed by atoms with Crippen molar-refractivity contribution in [1.82, 2.24) is 5.32 Å². The number of nitrogens with one attached hydrogen (secondary N) is 1. The van der Waals surface area contributed by atoms with Crippen LogP contribution >= 0.6 is 0 Å². The number of amides is 2. The molecule has 2 amide bonds. The molecule has 6 nitrogen and oxygen atoms in total. The number of hydrogen-bond donors (Lipinski definition) is 3. The Labute approximate surface area is 105 Å². The lowest BCUT2D eigenvalue weighted by Crippen LogP contribution is -2.53. The Balaban J connectivity index is 3.04. The lowest BCUT2D eigenvalue weighted by molar-refractivity contribution is -0.122. The highest BCUT2D eigenvalue weighted by atomic mass is 16.5. The number of ether oxygens (including phenoxy) is 1. The van der Waals surface area contributed by atoms with Gasteiger partial charge >= 0.3 is 0 Å². The number of nitrogen functional groups attached to an aromatic ring is 1. The molecule has 0 aliphatic rings. The second-order valence-corrected chi connectivity index (χ2v) is 4.40. The Morgan fingerprint density at radius 1 is 1.33 bits per heavy atom.